The molecule has 0 spiro atoms. The van der Waals surface area contributed by atoms with Gasteiger partial charge in [0, 0.05) is 17.5 Å². The summed E-state index contributed by atoms with van der Waals surface area (Å²) in [5, 5.41) is 0.566. The van der Waals surface area contributed by atoms with Crippen LogP contribution in [0.15, 0.2) is 27.4 Å². The normalized spacial score (nSPS) is 10.7. The van der Waals surface area contributed by atoms with Crippen LogP contribution in [0.2, 0.25) is 0 Å². The predicted octanol–water partition coefficient (Wildman–Crippen LogP) is 1.82. The van der Waals surface area contributed by atoms with Gasteiger partial charge in [-0.2, -0.15) is 0 Å². The number of aryl methyl sites for hydroxylation is 1. The maximum Gasteiger partial charge on any atom is 0.336 e. The Labute approximate surface area is 78.9 Å². The average Bonchev–Trinajstić information content (AvgIpc) is 2.08. The molecule has 0 unspecified atom stereocenters. The Morgan fingerprint density at radius 2 is 2.07 bits per heavy atom. The van der Waals surface area contributed by atoms with Crippen molar-refractivity contribution in [2.45, 2.75) is 6.92 Å². The van der Waals surface area contributed by atoms with E-state index in [4.69, 9.17) is 10.2 Å². The van der Waals surface area contributed by atoms with Gasteiger partial charge in [-0.1, -0.05) is 0 Å². The van der Waals surface area contributed by atoms with Crippen LogP contribution in [0.5, 0.6) is 0 Å². The molecule has 0 amide bonds. The number of benzene rings is 1. The summed E-state index contributed by atoms with van der Waals surface area (Å²) >= 11 is 0. The van der Waals surface area contributed by atoms with Crippen LogP contribution >= 0.6 is 0 Å². The molecule has 0 aliphatic heterocycles. The molecular formula is C10H8FNO2. The molecule has 0 fully saturated rings. The molecule has 0 aliphatic carbocycles. The highest BCUT2D eigenvalue weighted by atomic mass is 19.1. The number of halogens is 1. The van der Waals surface area contributed by atoms with Crippen LogP contribution in [0.4, 0.5) is 10.1 Å². The van der Waals surface area contributed by atoms with E-state index in [-0.39, 0.29) is 5.69 Å². The maximum absolute atomic E-state index is 13.1. The molecule has 1 aromatic heterocycles. The van der Waals surface area contributed by atoms with Crippen molar-refractivity contribution >= 4 is 16.7 Å². The van der Waals surface area contributed by atoms with Crippen LogP contribution in [-0.2, 0) is 0 Å². The third kappa shape index (κ3) is 1.25. The zero-order chi connectivity index (χ0) is 10.3. The van der Waals surface area contributed by atoms with Crippen LogP contribution in [0.3, 0.4) is 0 Å². The van der Waals surface area contributed by atoms with E-state index in [9.17, 15) is 9.18 Å². The van der Waals surface area contributed by atoms with Crippen molar-refractivity contribution < 1.29 is 8.81 Å². The summed E-state index contributed by atoms with van der Waals surface area (Å²) in [6, 6.07) is 3.90. The van der Waals surface area contributed by atoms with Crippen molar-refractivity contribution in [3.8, 4) is 0 Å². The second-order valence-corrected chi connectivity index (χ2v) is 3.12. The Balaban J connectivity index is 2.96. The second-order valence-electron chi connectivity index (χ2n) is 3.12. The van der Waals surface area contributed by atoms with Crippen molar-refractivity contribution in [2.24, 2.45) is 0 Å². The molecule has 1 heterocycles. The molecular weight excluding hydrogens is 185 g/mol. The summed E-state index contributed by atoms with van der Waals surface area (Å²) in [6.07, 6.45) is 0. The standard InChI is InChI=1S/C10H8FNO2/c1-5-2-10(13)14-9-4-8(12)7(11)3-6(5)9/h2-4H,12H2,1H3. The summed E-state index contributed by atoms with van der Waals surface area (Å²) in [7, 11) is 0. The van der Waals surface area contributed by atoms with Gasteiger partial charge in [-0.15, -0.1) is 0 Å². The highest BCUT2D eigenvalue weighted by Gasteiger charge is 2.06. The van der Waals surface area contributed by atoms with E-state index in [1.54, 1.807) is 6.92 Å². The van der Waals surface area contributed by atoms with Crippen LogP contribution in [0.1, 0.15) is 5.56 Å². The number of nitrogen functional groups attached to an aromatic ring is 1. The fourth-order valence-corrected chi connectivity index (χ4v) is 1.35. The van der Waals surface area contributed by atoms with E-state index >= 15 is 0 Å². The number of anilines is 1. The molecule has 0 bridgehead atoms. The summed E-state index contributed by atoms with van der Waals surface area (Å²) in [5.74, 6) is -0.505. The van der Waals surface area contributed by atoms with Gasteiger partial charge in [-0.25, -0.2) is 9.18 Å². The Kier molecular flexibility index (Phi) is 1.77. The smallest absolute Gasteiger partial charge is 0.336 e. The zero-order valence-corrected chi connectivity index (χ0v) is 7.50. The number of nitrogens with two attached hydrogens (primary N) is 1. The number of rotatable bonds is 0. The molecule has 0 saturated carbocycles. The number of hydrogen-bond acceptors (Lipinski definition) is 3. The lowest BCUT2D eigenvalue weighted by molar-refractivity contribution is 0.558. The van der Waals surface area contributed by atoms with Crippen LogP contribution in [-0.4, -0.2) is 0 Å². The molecule has 2 N–H and O–H groups in total. The maximum atomic E-state index is 13.1. The third-order valence-electron chi connectivity index (χ3n) is 2.07. The Morgan fingerprint density at radius 3 is 2.79 bits per heavy atom. The molecule has 14 heavy (non-hydrogen) atoms. The molecule has 72 valence electrons. The number of hydrogen-bond donors (Lipinski definition) is 1. The Hall–Kier alpha value is -1.84. The first-order valence-corrected chi connectivity index (χ1v) is 4.07. The molecule has 0 saturated heterocycles. The van der Waals surface area contributed by atoms with Gasteiger partial charge < -0.3 is 10.2 Å². The average molecular weight is 193 g/mol. The SMILES string of the molecule is Cc1cc(=O)oc2cc(N)c(F)cc12. The van der Waals surface area contributed by atoms with E-state index in [0.29, 0.717) is 16.5 Å². The van der Waals surface area contributed by atoms with Gasteiger partial charge in [0.25, 0.3) is 0 Å². The first-order chi connectivity index (χ1) is 6.58. The monoisotopic (exact) mass is 193 g/mol. The highest BCUT2D eigenvalue weighted by Crippen LogP contribution is 2.21. The Bertz CT molecular complexity index is 560. The van der Waals surface area contributed by atoms with E-state index < -0.39 is 11.4 Å². The van der Waals surface area contributed by atoms with Gasteiger partial charge in [0.1, 0.15) is 11.4 Å². The van der Waals surface area contributed by atoms with Crippen molar-refractivity contribution in [3.63, 3.8) is 0 Å². The predicted molar refractivity (Wildman–Crippen MR) is 51.6 cm³/mol. The summed E-state index contributed by atoms with van der Waals surface area (Å²) in [5.41, 5.74) is 5.86. The van der Waals surface area contributed by atoms with Crippen LogP contribution in [0, 0.1) is 12.7 Å². The van der Waals surface area contributed by atoms with E-state index in [1.165, 1.54) is 18.2 Å². The first kappa shape index (κ1) is 8.74. The molecule has 4 heteroatoms. The molecule has 1 aromatic carbocycles. The van der Waals surface area contributed by atoms with E-state index in [2.05, 4.69) is 0 Å². The van der Waals surface area contributed by atoms with Gasteiger partial charge in [0.15, 0.2) is 0 Å². The highest BCUT2D eigenvalue weighted by molar-refractivity contribution is 5.83. The second kappa shape index (κ2) is 2.83. The minimum atomic E-state index is -0.505. The Morgan fingerprint density at radius 1 is 1.36 bits per heavy atom. The molecule has 0 atom stereocenters. The van der Waals surface area contributed by atoms with Crippen molar-refractivity contribution in [3.05, 3.63) is 40.0 Å². The summed E-state index contributed by atoms with van der Waals surface area (Å²) < 4.78 is 18.0. The zero-order valence-electron chi connectivity index (χ0n) is 7.50. The van der Waals surface area contributed by atoms with E-state index in [1.807, 2.05) is 0 Å². The van der Waals surface area contributed by atoms with Crippen molar-refractivity contribution in [2.75, 3.05) is 5.73 Å². The molecule has 2 rings (SSSR count). The van der Waals surface area contributed by atoms with Crippen LogP contribution in [0.25, 0.3) is 11.0 Å². The van der Waals surface area contributed by atoms with Gasteiger partial charge in [-0.3, -0.25) is 0 Å². The lowest BCUT2D eigenvalue weighted by atomic mass is 10.1. The fraction of sp³-hybridized carbons (Fsp3) is 0.100. The van der Waals surface area contributed by atoms with Crippen LogP contribution < -0.4 is 11.4 Å². The van der Waals surface area contributed by atoms with Gasteiger partial charge in [0.05, 0.1) is 5.69 Å². The summed E-state index contributed by atoms with van der Waals surface area (Å²) in [4.78, 5) is 11.0. The van der Waals surface area contributed by atoms with E-state index in [0.717, 1.165) is 0 Å². The lowest BCUT2D eigenvalue weighted by Gasteiger charge is -2.02. The minimum absolute atomic E-state index is 0.0220. The van der Waals surface area contributed by atoms with Crippen molar-refractivity contribution in [1.29, 1.82) is 0 Å². The van der Waals surface area contributed by atoms with Crippen molar-refractivity contribution in [1.82, 2.24) is 0 Å². The molecule has 2 aromatic rings. The largest absolute Gasteiger partial charge is 0.423 e. The molecule has 0 radical (unpaired) electrons. The number of fused-ring (bicyclic) bond motifs is 1. The molecule has 3 nitrogen and oxygen atoms in total. The minimum Gasteiger partial charge on any atom is -0.423 e. The quantitative estimate of drug-likeness (QED) is 0.513. The van der Waals surface area contributed by atoms with Gasteiger partial charge in [0.2, 0.25) is 0 Å². The lowest BCUT2D eigenvalue weighted by Crippen LogP contribution is -1.99. The fourth-order valence-electron chi connectivity index (χ4n) is 1.35. The van der Waals surface area contributed by atoms with Gasteiger partial charge >= 0.3 is 5.63 Å². The third-order valence-corrected chi connectivity index (χ3v) is 2.07. The topological polar surface area (TPSA) is 56.2 Å². The van der Waals surface area contributed by atoms with Gasteiger partial charge in [-0.05, 0) is 18.6 Å². The molecule has 0 aliphatic rings. The summed E-state index contributed by atoms with van der Waals surface area (Å²) in [6.45, 7) is 1.72. The first-order valence-electron chi connectivity index (χ1n) is 4.07.